The van der Waals surface area contributed by atoms with Gasteiger partial charge in [0.05, 0.1) is 6.54 Å². The summed E-state index contributed by atoms with van der Waals surface area (Å²) in [4.78, 5) is 25.8. The van der Waals surface area contributed by atoms with Gasteiger partial charge in [0.1, 0.15) is 0 Å². The maximum atomic E-state index is 12.1. The van der Waals surface area contributed by atoms with Gasteiger partial charge in [-0.3, -0.25) is 9.59 Å². The van der Waals surface area contributed by atoms with Crippen molar-refractivity contribution >= 4 is 11.8 Å². The van der Waals surface area contributed by atoms with Gasteiger partial charge in [-0.2, -0.15) is 0 Å². The van der Waals surface area contributed by atoms with E-state index in [2.05, 4.69) is 10.6 Å². The Kier molecular flexibility index (Phi) is 3.73. The number of piperidine rings is 2. The van der Waals surface area contributed by atoms with Gasteiger partial charge in [-0.05, 0) is 50.6 Å². The molecular formula is C14H23N3O2. The van der Waals surface area contributed by atoms with Crippen molar-refractivity contribution in [1.29, 1.82) is 0 Å². The summed E-state index contributed by atoms with van der Waals surface area (Å²) in [6.07, 6.45) is 5.01. The lowest BCUT2D eigenvalue weighted by molar-refractivity contribution is -0.143. The summed E-state index contributed by atoms with van der Waals surface area (Å²) in [6, 6.07) is 0.272. The lowest BCUT2D eigenvalue weighted by Crippen LogP contribution is -2.57. The third-order valence-electron chi connectivity index (χ3n) is 4.62. The SMILES string of the molecule is O=C(CN1C(=O)CCC2CNCCC21)NCC1CC1. The summed E-state index contributed by atoms with van der Waals surface area (Å²) in [6.45, 7) is 2.98. The number of nitrogens with one attached hydrogen (secondary N) is 2. The summed E-state index contributed by atoms with van der Waals surface area (Å²) < 4.78 is 0. The first kappa shape index (κ1) is 12.9. The molecule has 0 aromatic heterocycles. The molecule has 0 radical (unpaired) electrons. The molecule has 2 atom stereocenters. The first-order valence-corrected chi connectivity index (χ1v) is 7.51. The van der Waals surface area contributed by atoms with Gasteiger partial charge in [-0.25, -0.2) is 0 Å². The van der Waals surface area contributed by atoms with E-state index in [1.165, 1.54) is 12.8 Å². The molecular weight excluding hydrogens is 242 g/mol. The third kappa shape index (κ3) is 3.08. The number of hydrogen-bond acceptors (Lipinski definition) is 3. The molecule has 19 heavy (non-hydrogen) atoms. The van der Waals surface area contributed by atoms with E-state index in [1.54, 1.807) is 0 Å². The van der Waals surface area contributed by atoms with Crippen LogP contribution in [0.25, 0.3) is 0 Å². The molecule has 2 heterocycles. The van der Waals surface area contributed by atoms with Crippen molar-refractivity contribution in [2.45, 2.75) is 38.1 Å². The van der Waals surface area contributed by atoms with Crippen LogP contribution in [0.3, 0.4) is 0 Å². The van der Waals surface area contributed by atoms with Crippen LogP contribution in [0.15, 0.2) is 0 Å². The second kappa shape index (κ2) is 5.49. The number of carbonyl (C=O) groups is 2. The molecule has 0 aromatic rings. The molecule has 3 fully saturated rings. The number of rotatable bonds is 4. The van der Waals surface area contributed by atoms with Crippen molar-refractivity contribution in [2.24, 2.45) is 11.8 Å². The average molecular weight is 265 g/mol. The van der Waals surface area contributed by atoms with Crippen molar-refractivity contribution in [3.8, 4) is 0 Å². The fraction of sp³-hybridized carbons (Fsp3) is 0.857. The average Bonchev–Trinajstić information content (AvgIpc) is 3.24. The largest absolute Gasteiger partial charge is 0.354 e. The van der Waals surface area contributed by atoms with E-state index in [4.69, 9.17) is 0 Å². The molecule has 5 heteroatoms. The van der Waals surface area contributed by atoms with E-state index in [0.29, 0.717) is 18.3 Å². The van der Waals surface area contributed by atoms with Crippen LogP contribution in [-0.2, 0) is 9.59 Å². The van der Waals surface area contributed by atoms with Crippen LogP contribution in [-0.4, -0.2) is 48.9 Å². The number of carbonyl (C=O) groups excluding carboxylic acids is 2. The fourth-order valence-electron chi connectivity index (χ4n) is 3.25. The van der Waals surface area contributed by atoms with Crippen LogP contribution in [0.1, 0.15) is 32.1 Å². The highest BCUT2D eigenvalue weighted by Crippen LogP contribution is 2.29. The van der Waals surface area contributed by atoms with Crippen LogP contribution in [0.2, 0.25) is 0 Å². The second-order valence-corrected chi connectivity index (χ2v) is 6.13. The molecule has 2 unspecified atom stereocenters. The Balaban J connectivity index is 1.56. The maximum absolute atomic E-state index is 12.1. The van der Waals surface area contributed by atoms with Gasteiger partial charge < -0.3 is 15.5 Å². The summed E-state index contributed by atoms with van der Waals surface area (Å²) in [7, 11) is 0. The molecule has 2 N–H and O–H groups in total. The molecule has 0 aromatic carbocycles. The minimum absolute atomic E-state index is 0.0134. The highest BCUT2D eigenvalue weighted by Gasteiger charge is 2.37. The summed E-state index contributed by atoms with van der Waals surface area (Å²) >= 11 is 0. The van der Waals surface area contributed by atoms with Crippen LogP contribution in [0.4, 0.5) is 0 Å². The number of fused-ring (bicyclic) bond motifs is 1. The Hall–Kier alpha value is -1.10. The van der Waals surface area contributed by atoms with E-state index in [1.807, 2.05) is 4.90 Å². The smallest absolute Gasteiger partial charge is 0.239 e. The monoisotopic (exact) mass is 265 g/mol. The maximum Gasteiger partial charge on any atom is 0.239 e. The number of hydrogen-bond donors (Lipinski definition) is 2. The van der Waals surface area contributed by atoms with Crippen molar-refractivity contribution in [3.63, 3.8) is 0 Å². The van der Waals surface area contributed by atoms with Crippen molar-refractivity contribution < 1.29 is 9.59 Å². The Morgan fingerprint density at radius 2 is 2.16 bits per heavy atom. The predicted molar refractivity (Wildman–Crippen MR) is 71.4 cm³/mol. The molecule has 2 aliphatic heterocycles. The Labute approximate surface area is 114 Å². The van der Waals surface area contributed by atoms with Gasteiger partial charge in [0.15, 0.2) is 0 Å². The van der Waals surface area contributed by atoms with Gasteiger partial charge in [0, 0.05) is 19.0 Å². The summed E-state index contributed by atoms with van der Waals surface area (Å²) in [5.41, 5.74) is 0. The molecule has 106 valence electrons. The molecule has 1 aliphatic carbocycles. The first-order valence-electron chi connectivity index (χ1n) is 7.51. The Bertz CT molecular complexity index is 368. The van der Waals surface area contributed by atoms with Gasteiger partial charge in [-0.15, -0.1) is 0 Å². The van der Waals surface area contributed by atoms with Crippen LogP contribution in [0.5, 0.6) is 0 Å². The van der Waals surface area contributed by atoms with E-state index in [9.17, 15) is 9.59 Å². The normalized spacial score (nSPS) is 30.9. The quantitative estimate of drug-likeness (QED) is 0.758. The Morgan fingerprint density at radius 1 is 1.32 bits per heavy atom. The van der Waals surface area contributed by atoms with E-state index >= 15 is 0 Å². The van der Waals surface area contributed by atoms with Crippen LogP contribution >= 0.6 is 0 Å². The van der Waals surface area contributed by atoms with Gasteiger partial charge in [-0.1, -0.05) is 0 Å². The molecule has 2 saturated heterocycles. The fourth-order valence-corrected chi connectivity index (χ4v) is 3.25. The zero-order chi connectivity index (χ0) is 13.2. The van der Waals surface area contributed by atoms with Crippen molar-refractivity contribution in [3.05, 3.63) is 0 Å². The third-order valence-corrected chi connectivity index (χ3v) is 4.62. The van der Waals surface area contributed by atoms with Crippen molar-refractivity contribution in [2.75, 3.05) is 26.2 Å². The van der Waals surface area contributed by atoms with Gasteiger partial charge in [0.2, 0.25) is 11.8 Å². The highest BCUT2D eigenvalue weighted by atomic mass is 16.2. The van der Waals surface area contributed by atoms with E-state index < -0.39 is 0 Å². The lowest BCUT2D eigenvalue weighted by Gasteiger charge is -2.43. The molecule has 2 amide bonds. The molecule has 3 rings (SSSR count). The van der Waals surface area contributed by atoms with E-state index in [0.717, 1.165) is 32.5 Å². The topological polar surface area (TPSA) is 61.4 Å². The summed E-state index contributed by atoms with van der Waals surface area (Å²) in [5, 5.41) is 6.34. The van der Waals surface area contributed by atoms with Crippen LogP contribution < -0.4 is 10.6 Å². The van der Waals surface area contributed by atoms with E-state index in [-0.39, 0.29) is 24.4 Å². The molecule has 5 nitrogen and oxygen atoms in total. The molecule has 3 aliphatic rings. The van der Waals surface area contributed by atoms with Gasteiger partial charge >= 0.3 is 0 Å². The summed E-state index contributed by atoms with van der Waals surface area (Å²) in [5.74, 6) is 1.39. The second-order valence-electron chi connectivity index (χ2n) is 6.13. The molecule has 1 saturated carbocycles. The number of nitrogens with zero attached hydrogens (tertiary/aromatic N) is 1. The molecule has 0 spiro atoms. The minimum atomic E-state index is 0.0134. The Morgan fingerprint density at radius 3 is 2.95 bits per heavy atom. The molecule has 0 bridgehead atoms. The lowest BCUT2D eigenvalue weighted by atomic mass is 9.84. The number of amides is 2. The zero-order valence-corrected chi connectivity index (χ0v) is 11.4. The van der Waals surface area contributed by atoms with Gasteiger partial charge in [0.25, 0.3) is 0 Å². The van der Waals surface area contributed by atoms with Crippen molar-refractivity contribution in [1.82, 2.24) is 15.5 Å². The highest BCUT2D eigenvalue weighted by molar-refractivity contribution is 5.85. The standard InChI is InChI=1S/C14H23N3O2/c18-13(16-7-10-1-2-10)9-17-12-5-6-15-8-11(12)3-4-14(17)19/h10-12,15H,1-9H2,(H,16,18). The first-order chi connectivity index (χ1) is 9.24. The predicted octanol–water partition coefficient (Wildman–Crippen LogP) is 0.113. The zero-order valence-electron chi connectivity index (χ0n) is 11.4. The number of likely N-dealkylation sites (tertiary alicyclic amines) is 1. The van der Waals surface area contributed by atoms with Crippen LogP contribution in [0, 0.1) is 11.8 Å². The minimum Gasteiger partial charge on any atom is -0.354 e.